The number of carbonyl (C=O) groups excluding carboxylic acids is 1. The fourth-order valence-electron chi connectivity index (χ4n) is 3.60. The number of fused-ring (bicyclic) bond motifs is 1. The van der Waals surface area contributed by atoms with Gasteiger partial charge in [0.25, 0.3) is 0 Å². The monoisotopic (exact) mass is 380 g/mol. The Morgan fingerprint density at radius 3 is 3.04 bits per heavy atom. The van der Waals surface area contributed by atoms with Gasteiger partial charge in [0.15, 0.2) is 11.5 Å². The number of nitrogens with zero attached hydrogens (tertiary/aromatic N) is 6. The molecular weight excluding hydrogens is 356 g/mol. The number of piperidine rings is 1. The number of rotatable bonds is 6. The van der Waals surface area contributed by atoms with Gasteiger partial charge in [0.2, 0.25) is 5.91 Å². The average Bonchev–Trinajstić information content (AvgIpc) is 3.10. The van der Waals surface area contributed by atoms with E-state index in [-0.39, 0.29) is 11.8 Å². The molecule has 0 unspecified atom stereocenters. The molecule has 9 nitrogen and oxygen atoms in total. The first-order valence-electron chi connectivity index (χ1n) is 9.47. The van der Waals surface area contributed by atoms with Gasteiger partial charge in [0.05, 0.1) is 17.5 Å². The number of hydrogen-bond donors (Lipinski definition) is 2. The molecule has 1 aliphatic heterocycles. The second-order valence-electron chi connectivity index (χ2n) is 7.11. The lowest BCUT2D eigenvalue weighted by molar-refractivity contribution is -0.123. The summed E-state index contributed by atoms with van der Waals surface area (Å²) < 4.78 is 1.74. The maximum Gasteiger partial charge on any atom is 0.221 e. The van der Waals surface area contributed by atoms with E-state index < -0.39 is 0 Å². The Kier molecular flexibility index (Phi) is 5.16. The van der Waals surface area contributed by atoms with E-state index in [1.54, 1.807) is 23.3 Å². The van der Waals surface area contributed by atoms with Crippen LogP contribution in [0.3, 0.4) is 0 Å². The smallest absolute Gasteiger partial charge is 0.221 e. The van der Waals surface area contributed by atoms with Crippen molar-refractivity contribution in [2.75, 3.05) is 31.5 Å². The number of hydrogen-bond acceptors (Lipinski definition) is 7. The van der Waals surface area contributed by atoms with Crippen molar-refractivity contribution in [1.29, 1.82) is 0 Å². The Labute approximate surface area is 163 Å². The summed E-state index contributed by atoms with van der Waals surface area (Å²) in [6.45, 7) is 3.24. The van der Waals surface area contributed by atoms with Crippen molar-refractivity contribution in [2.45, 2.75) is 12.8 Å². The highest BCUT2D eigenvalue weighted by Crippen LogP contribution is 2.24. The normalized spacial score (nSPS) is 17.7. The Bertz CT molecular complexity index is 971. The molecule has 4 rings (SSSR count). The van der Waals surface area contributed by atoms with Crippen LogP contribution in [0.25, 0.3) is 22.4 Å². The van der Waals surface area contributed by atoms with Gasteiger partial charge in [-0.3, -0.25) is 14.5 Å². The maximum atomic E-state index is 11.5. The predicted octanol–water partition coefficient (Wildman–Crippen LogP) is 1.03. The largest absolute Gasteiger partial charge is 0.369 e. The SMILES string of the molecule is Cn1ncc2c(NCCN3CCC[C@H](C(N)=O)C3)nc(-c3cccnc3)nc21. The maximum absolute atomic E-state index is 11.5. The minimum absolute atomic E-state index is 0.0463. The minimum atomic E-state index is -0.202. The number of pyridine rings is 1. The summed E-state index contributed by atoms with van der Waals surface area (Å²) in [6.07, 6.45) is 7.13. The molecule has 0 saturated carbocycles. The topological polar surface area (TPSA) is 115 Å². The molecule has 3 N–H and O–H groups in total. The van der Waals surface area contributed by atoms with Gasteiger partial charge in [-0.1, -0.05) is 0 Å². The van der Waals surface area contributed by atoms with Gasteiger partial charge >= 0.3 is 0 Å². The van der Waals surface area contributed by atoms with Gasteiger partial charge in [-0.25, -0.2) is 9.97 Å². The molecule has 3 aromatic rings. The molecule has 0 aliphatic carbocycles. The number of amides is 1. The molecule has 146 valence electrons. The average molecular weight is 380 g/mol. The van der Waals surface area contributed by atoms with E-state index in [4.69, 9.17) is 10.7 Å². The van der Waals surface area contributed by atoms with Gasteiger partial charge in [-0.2, -0.15) is 5.10 Å². The van der Waals surface area contributed by atoms with Crippen LogP contribution in [0.2, 0.25) is 0 Å². The van der Waals surface area contributed by atoms with E-state index >= 15 is 0 Å². The molecule has 1 aliphatic rings. The van der Waals surface area contributed by atoms with Crippen molar-refractivity contribution in [3.05, 3.63) is 30.7 Å². The molecule has 0 spiro atoms. The molecule has 0 aromatic carbocycles. The number of nitrogens with one attached hydrogen (secondary N) is 1. The fourth-order valence-corrected chi connectivity index (χ4v) is 3.60. The summed E-state index contributed by atoms with van der Waals surface area (Å²) in [7, 11) is 1.86. The van der Waals surface area contributed by atoms with Crippen molar-refractivity contribution >= 4 is 22.8 Å². The quantitative estimate of drug-likeness (QED) is 0.656. The van der Waals surface area contributed by atoms with E-state index in [0.717, 1.165) is 54.9 Å². The second-order valence-corrected chi connectivity index (χ2v) is 7.11. The first-order chi connectivity index (χ1) is 13.6. The first-order valence-corrected chi connectivity index (χ1v) is 9.47. The third kappa shape index (κ3) is 3.79. The Morgan fingerprint density at radius 2 is 2.25 bits per heavy atom. The number of anilines is 1. The molecule has 1 saturated heterocycles. The number of aryl methyl sites for hydroxylation is 1. The molecule has 28 heavy (non-hydrogen) atoms. The molecule has 0 radical (unpaired) electrons. The summed E-state index contributed by atoms with van der Waals surface area (Å²) in [5.74, 6) is 1.11. The van der Waals surface area contributed by atoms with E-state index in [0.29, 0.717) is 12.4 Å². The highest BCUT2D eigenvalue weighted by Gasteiger charge is 2.23. The summed E-state index contributed by atoms with van der Waals surface area (Å²) in [5, 5.41) is 8.61. The molecule has 1 fully saturated rings. The third-order valence-corrected chi connectivity index (χ3v) is 5.14. The number of likely N-dealkylation sites (tertiary alicyclic amines) is 1. The van der Waals surface area contributed by atoms with Crippen LogP contribution in [-0.2, 0) is 11.8 Å². The summed E-state index contributed by atoms with van der Waals surface area (Å²) in [6, 6.07) is 3.80. The summed E-state index contributed by atoms with van der Waals surface area (Å²) in [4.78, 5) is 27.2. The van der Waals surface area contributed by atoms with Crippen LogP contribution in [0, 0.1) is 5.92 Å². The van der Waals surface area contributed by atoms with Crippen LogP contribution < -0.4 is 11.1 Å². The molecular formula is C19H24N8O. The van der Waals surface area contributed by atoms with Crippen molar-refractivity contribution in [1.82, 2.24) is 29.6 Å². The molecule has 9 heteroatoms. The van der Waals surface area contributed by atoms with E-state index in [9.17, 15) is 4.79 Å². The standard InChI is InChI=1S/C19H24N8O/c1-26-19-15(11-23-26)18(24-17(25-19)13-4-2-6-21-10-13)22-7-9-27-8-3-5-14(12-27)16(20)28/h2,4,6,10-11,14H,3,5,7-9,12H2,1H3,(H2,20,28)(H,22,24,25)/t14-/m0/s1. The lowest BCUT2D eigenvalue weighted by atomic mass is 9.97. The molecule has 3 aromatic heterocycles. The molecule has 0 bridgehead atoms. The highest BCUT2D eigenvalue weighted by molar-refractivity contribution is 5.88. The molecule has 1 atom stereocenters. The van der Waals surface area contributed by atoms with E-state index in [2.05, 4.69) is 25.3 Å². The van der Waals surface area contributed by atoms with Crippen molar-refractivity contribution in [3.63, 3.8) is 0 Å². The van der Waals surface area contributed by atoms with Crippen LogP contribution in [0.5, 0.6) is 0 Å². The molecule has 4 heterocycles. The summed E-state index contributed by atoms with van der Waals surface area (Å²) in [5.41, 5.74) is 7.10. The van der Waals surface area contributed by atoms with Crippen molar-refractivity contribution < 1.29 is 4.79 Å². The Hall–Kier alpha value is -3.07. The van der Waals surface area contributed by atoms with Crippen molar-refractivity contribution in [2.24, 2.45) is 18.7 Å². The van der Waals surface area contributed by atoms with Crippen LogP contribution in [-0.4, -0.2) is 61.7 Å². The number of nitrogens with two attached hydrogens (primary N) is 1. The van der Waals surface area contributed by atoms with Crippen LogP contribution in [0.1, 0.15) is 12.8 Å². The summed E-state index contributed by atoms with van der Waals surface area (Å²) >= 11 is 0. The Morgan fingerprint density at radius 1 is 1.36 bits per heavy atom. The van der Waals surface area contributed by atoms with Gasteiger partial charge in [-0.05, 0) is 31.5 Å². The zero-order chi connectivity index (χ0) is 19.5. The van der Waals surface area contributed by atoms with Crippen molar-refractivity contribution in [3.8, 4) is 11.4 Å². The number of aromatic nitrogens is 5. The lowest BCUT2D eigenvalue weighted by Crippen LogP contribution is -2.42. The van der Waals surface area contributed by atoms with Crippen LogP contribution >= 0.6 is 0 Å². The number of carbonyl (C=O) groups is 1. The first kappa shape index (κ1) is 18.3. The van der Waals surface area contributed by atoms with Gasteiger partial charge in [0, 0.05) is 44.6 Å². The zero-order valence-corrected chi connectivity index (χ0v) is 15.9. The van der Waals surface area contributed by atoms with Gasteiger partial charge < -0.3 is 16.0 Å². The van der Waals surface area contributed by atoms with Crippen LogP contribution in [0.15, 0.2) is 30.7 Å². The Balaban J connectivity index is 1.51. The number of primary amides is 1. The van der Waals surface area contributed by atoms with Gasteiger partial charge in [-0.15, -0.1) is 0 Å². The highest BCUT2D eigenvalue weighted by atomic mass is 16.1. The third-order valence-electron chi connectivity index (χ3n) is 5.14. The molecule has 1 amide bonds. The lowest BCUT2D eigenvalue weighted by Gasteiger charge is -2.31. The zero-order valence-electron chi connectivity index (χ0n) is 15.9. The van der Waals surface area contributed by atoms with E-state index in [1.807, 2.05) is 19.2 Å². The second kappa shape index (κ2) is 7.89. The minimum Gasteiger partial charge on any atom is -0.369 e. The predicted molar refractivity (Wildman–Crippen MR) is 106 cm³/mol. The van der Waals surface area contributed by atoms with Crippen LogP contribution in [0.4, 0.5) is 5.82 Å². The fraction of sp³-hybridized carbons (Fsp3) is 0.421. The van der Waals surface area contributed by atoms with E-state index in [1.165, 1.54) is 0 Å². The van der Waals surface area contributed by atoms with Gasteiger partial charge in [0.1, 0.15) is 5.82 Å².